The maximum Gasteiger partial charge on any atom is 0.232 e. The molecule has 1 aliphatic carbocycles. The Hall–Kier alpha value is -1.74. The lowest BCUT2D eigenvalue weighted by atomic mass is 10.1. The molecule has 0 saturated heterocycles. The largest absolute Gasteiger partial charge is 0.342 e. The van der Waals surface area contributed by atoms with Crippen molar-refractivity contribution in [3.05, 3.63) is 59.8 Å². The molecule has 1 aromatic rings. The fourth-order valence-electron chi connectivity index (χ4n) is 1.87. The molecule has 0 fully saturated rings. The highest BCUT2D eigenvalue weighted by molar-refractivity contribution is 5.80. The Morgan fingerprint density at radius 3 is 2.80 bits per heavy atom. The molecule has 0 bridgehead atoms. The van der Waals surface area contributed by atoms with Crippen LogP contribution in [0, 0.1) is 0 Å². The number of aliphatic imine (C=N–C) groups is 1. The average molecular weight is 273 g/mol. The molecule has 0 saturated carbocycles. The monoisotopic (exact) mass is 273 g/mol. The Morgan fingerprint density at radius 2 is 2.15 bits per heavy atom. The van der Waals surface area contributed by atoms with Crippen molar-refractivity contribution < 1.29 is 9.13 Å². The van der Waals surface area contributed by atoms with Crippen molar-refractivity contribution in [1.29, 1.82) is 0 Å². The van der Waals surface area contributed by atoms with Gasteiger partial charge in [0.2, 0.25) is 5.85 Å². The molecular weight excluding hydrogens is 253 g/mol. The van der Waals surface area contributed by atoms with Gasteiger partial charge in [0.15, 0.2) is 0 Å². The van der Waals surface area contributed by atoms with E-state index in [1.807, 2.05) is 30.3 Å². The molecule has 106 valence electrons. The predicted molar refractivity (Wildman–Crippen MR) is 80.6 cm³/mol. The van der Waals surface area contributed by atoms with Gasteiger partial charge in [-0.2, -0.15) is 0 Å². The third kappa shape index (κ3) is 4.42. The van der Waals surface area contributed by atoms with Crippen molar-refractivity contribution in [2.75, 3.05) is 6.61 Å². The molecule has 0 aliphatic heterocycles. The van der Waals surface area contributed by atoms with Crippen molar-refractivity contribution in [2.45, 2.75) is 32.0 Å². The molecule has 0 heterocycles. The number of nitrogens with zero attached hydrogens (tertiary/aromatic N) is 1. The zero-order chi connectivity index (χ0) is 14.3. The molecular formula is C17H20FNO. The normalized spacial score (nSPS) is 22.2. The van der Waals surface area contributed by atoms with Gasteiger partial charge in [-0.1, -0.05) is 49.8 Å². The number of ether oxygens (including phenoxy) is 1. The molecule has 0 amide bonds. The summed E-state index contributed by atoms with van der Waals surface area (Å²) in [7, 11) is 0. The van der Waals surface area contributed by atoms with Gasteiger partial charge in [0.25, 0.3) is 0 Å². The van der Waals surface area contributed by atoms with Gasteiger partial charge in [-0.3, -0.25) is 4.99 Å². The summed E-state index contributed by atoms with van der Waals surface area (Å²) >= 11 is 0. The van der Waals surface area contributed by atoms with Crippen molar-refractivity contribution in [3.8, 4) is 0 Å². The second-order valence-corrected chi connectivity index (χ2v) is 4.82. The summed E-state index contributed by atoms with van der Waals surface area (Å²) in [5, 5.41) is 0. The number of hydrogen-bond donors (Lipinski definition) is 0. The maximum absolute atomic E-state index is 14.2. The summed E-state index contributed by atoms with van der Waals surface area (Å²) in [4.78, 5) is 4.34. The van der Waals surface area contributed by atoms with Crippen LogP contribution in [0.15, 0.2) is 59.2 Å². The molecule has 0 aromatic heterocycles. The Labute approximate surface area is 119 Å². The number of allylic oxidation sites excluding steroid dienone is 1. The number of benzene rings is 1. The van der Waals surface area contributed by atoms with E-state index in [1.54, 1.807) is 18.4 Å². The van der Waals surface area contributed by atoms with Crippen molar-refractivity contribution >= 4 is 6.21 Å². The van der Waals surface area contributed by atoms with E-state index in [0.717, 1.165) is 24.1 Å². The van der Waals surface area contributed by atoms with Crippen molar-refractivity contribution in [3.63, 3.8) is 0 Å². The summed E-state index contributed by atoms with van der Waals surface area (Å²) in [6.45, 7) is 2.51. The van der Waals surface area contributed by atoms with Gasteiger partial charge < -0.3 is 4.74 Å². The van der Waals surface area contributed by atoms with Gasteiger partial charge in [0, 0.05) is 12.6 Å². The second-order valence-electron chi connectivity index (χ2n) is 4.82. The number of unbranched alkanes of at least 4 members (excludes halogenated alkanes) is 1. The Bertz CT molecular complexity index is 507. The van der Waals surface area contributed by atoms with Gasteiger partial charge in [0.1, 0.15) is 0 Å². The Morgan fingerprint density at radius 1 is 1.35 bits per heavy atom. The van der Waals surface area contributed by atoms with Crippen LogP contribution in [0.3, 0.4) is 0 Å². The molecule has 1 unspecified atom stereocenters. The van der Waals surface area contributed by atoms with E-state index in [1.165, 1.54) is 6.08 Å². The van der Waals surface area contributed by atoms with Crippen LogP contribution < -0.4 is 0 Å². The summed E-state index contributed by atoms with van der Waals surface area (Å²) in [5.74, 6) is -1.67. The summed E-state index contributed by atoms with van der Waals surface area (Å²) < 4.78 is 19.5. The number of halogens is 1. The van der Waals surface area contributed by atoms with E-state index in [9.17, 15) is 4.39 Å². The first-order valence-electron chi connectivity index (χ1n) is 7.03. The lowest BCUT2D eigenvalue weighted by Gasteiger charge is -2.23. The smallest absolute Gasteiger partial charge is 0.232 e. The van der Waals surface area contributed by atoms with Gasteiger partial charge in [-0.25, -0.2) is 4.39 Å². The lowest BCUT2D eigenvalue weighted by molar-refractivity contribution is -0.105. The summed E-state index contributed by atoms with van der Waals surface area (Å²) in [5.41, 5.74) is 1.79. The van der Waals surface area contributed by atoms with Crippen molar-refractivity contribution in [1.82, 2.24) is 0 Å². The van der Waals surface area contributed by atoms with Gasteiger partial charge >= 0.3 is 0 Å². The van der Waals surface area contributed by atoms with Gasteiger partial charge in [0.05, 0.1) is 12.3 Å². The highest BCUT2D eigenvalue weighted by atomic mass is 19.2. The van der Waals surface area contributed by atoms with Crippen LogP contribution in [0.4, 0.5) is 4.39 Å². The third-order valence-corrected chi connectivity index (χ3v) is 3.09. The minimum atomic E-state index is -1.67. The topological polar surface area (TPSA) is 21.6 Å². The second kappa shape index (κ2) is 7.15. The minimum absolute atomic E-state index is 0.217. The van der Waals surface area contributed by atoms with E-state index >= 15 is 0 Å². The molecule has 1 aromatic carbocycles. The molecule has 1 atom stereocenters. The number of alkyl halides is 1. The average Bonchev–Trinajstić information content (AvgIpc) is 2.48. The first kappa shape index (κ1) is 14.7. The Balaban J connectivity index is 1.90. The van der Waals surface area contributed by atoms with Gasteiger partial charge in [-0.15, -0.1) is 0 Å². The van der Waals surface area contributed by atoms with E-state index in [2.05, 4.69) is 11.9 Å². The minimum Gasteiger partial charge on any atom is -0.342 e. The van der Waals surface area contributed by atoms with Crippen LogP contribution in [0.2, 0.25) is 0 Å². The first-order valence-corrected chi connectivity index (χ1v) is 7.03. The zero-order valence-corrected chi connectivity index (χ0v) is 11.8. The summed E-state index contributed by atoms with van der Waals surface area (Å²) in [6, 6.07) is 9.83. The van der Waals surface area contributed by atoms with E-state index < -0.39 is 5.85 Å². The molecule has 0 radical (unpaired) electrons. The van der Waals surface area contributed by atoms with Crippen molar-refractivity contribution in [2.24, 2.45) is 4.99 Å². The SMILES string of the molecule is CCCCOC1(F)C=CC(N=Cc2ccccc2)=CC1. The molecule has 20 heavy (non-hydrogen) atoms. The van der Waals surface area contributed by atoms with Crippen LogP contribution >= 0.6 is 0 Å². The number of hydrogen-bond acceptors (Lipinski definition) is 2. The van der Waals surface area contributed by atoms with E-state index in [0.29, 0.717) is 6.61 Å². The fourth-order valence-corrected chi connectivity index (χ4v) is 1.87. The lowest BCUT2D eigenvalue weighted by Crippen LogP contribution is -2.25. The fraction of sp³-hybridized carbons (Fsp3) is 0.353. The first-order chi connectivity index (χ1) is 9.72. The van der Waals surface area contributed by atoms with E-state index in [-0.39, 0.29) is 6.42 Å². The van der Waals surface area contributed by atoms with Gasteiger partial charge in [-0.05, 0) is 24.1 Å². The van der Waals surface area contributed by atoms with Crippen LogP contribution in [0.1, 0.15) is 31.7 Å². The Kier molecular flexibility index (Phi) is 5.24. The van der Waals surface area contributed by atoms with Crippen LogP contribution in [-0.2, 0) is 4.74 Å². The highest BCUT2D eigenvalue weighted by Crippen LogP contribution is 2.27. The summed E-state index contributed by atoms with van der Waals surface area (Å²) in [6.07, 6.45) is 8.78. The predicted octanol–water partition coefficient (Wildman–Crippen LogP) is 4.43. The molecule has 0 spiro atoms. The third-order valence-electron chi connectivity index (χ3n) is 3.09. The van der Waals surface area contributed by atoms with Crippen LogP contribution in [0.5, 0.6) is 0 Å². The van der Waals surface area contributed by atoms with E-state index in [4.69, 9.17) is 4.74 Å². The quantitative estimate of drug-likeness (QED) is 0.555. The molecule has 0 N–H and O–H groups in total. The molecule has 2 nitrogen and oxygen atoms in total. The number of rotatable bonds is 6. The molecule has 3 heteroatoms. The molecule has 2 rings (SSSR count). The maximum atomic E-state index is 14.2. The zero-order valence-electron chi connectivity index (χ0n) is 11.8. The highest BCUT2D eigenvalue weighted by Gasteiger charge is 2.28. The molecule has 1 aliphatic rings. The van der Waals surface area contributed by atoms with Crippen LogP contribution in [0.25, 0.3) is 0 Å². The standard InChI is InChI=1S/C17H20FNO/c1-2-3-13-20-17(18)11-9-16(10-12-17)19-14-15-7-5-4-6-8-15/h4-11,14H,2-3,12-13H2,1H3. The van der Waals surface area contributed by atoms with Crippen LogP contribution in [-0.4, -0.2) is 18.7 Å².